The molecule has 4 N–H and O–H groups in total. The van der Waals surface area contributed by atoms with Crippen LogP contribution in [0.15, 0.2) is 15.8 Å². The first kappa shape index (κ1) is 26.4. The van der Waals surface area contributed by atoms with Gasteiger partial charge in [-0.15, -0.1) is 0 Å². The molecule has 2 fully saturated rings. The van der Waals surface area contributed by atoms with Gasteiger partial charge in [0.15, 0.2) is 5.79 Å². The lowest BCUT2D eigenvalue weighted by Crippen LogP contribution is -2.41. The average molecular weight is 486 g/mol. The van der Waals surface area contributed by atoms with E-state index in [9.17, 15) is 24.6 Å². The highest BCUT2D eigenvalue weighted by molar-refractivity contribution is 5.67. The third-order valence-electron chi connectivity index (χ3n) is 5.58. The Morgan fingerprint density at radius 2 is 1.94 bits per heavy atom. The van der Waals surface area contributed by atoms with Gasteiger partial charge in [-0.2, -0.15) is 0 Å². The van der Waals surface area contributed by atoms with Crippen molar-refractivity contribution in [3.8, 4) is 0 Å². The maximum atomic E-state index is 12.4. The highest BCUT2D eigenvalue weighted by Crippen LogP contribution is 2.32. The van der Waals surface area contributed by atoms with Gasteiger partial charge in [-0.1, -0.05) is 0 Å². The van der Waals surface area contributed by atoms with Gasteiger partial charge in [0.25, 0.3) is 5.56 Å². The maximum Gasteiger partial charge on any atom is 0.407 e. The molecule has 3 heterocycles. The molecule has 0 aromatic carbocycles. The monoisotopic (exact) mass is 485 g/mol. The third kappa shape index (κ3) is 6.66. The highest BCUT2D eigenvalue weighted by atomic mass is 16.8. The molecule has 2 unspecified atom stereocenters. The molecule has 0 aliphatic carbocycles. The number of hydrogen-bond acceptors (Lipinski definition) is 9. The summed E-state index contributed by atoms with van der Waals surface area (Å²) in [5.74, 6) is -0.876. The maximum absolute atomic E-state index is 12.4. The predicted octanol–water partition coefficient (Wildman–Crippen LogP) is 0.155. The van der Waals surface area contributed by atoms with Crippen molar-refractivity contribution in [2.24, 2.45) is 0 Å². The van der Waals surface area contributed by atoms with E-state index in [1.54, 1.807) is 34.6 Å². The Morgan fingerprint density at radius 1 is 1.26 bits per heavy atom. The van der Waals surface area contributed by atoms with Crippen LogP contribution in [0.1, 0.15) is 59.1 Å². The van der Waals surface area contributed by atoms with Crippen LogP contribution >= 0.6 is 0 Å². The van der Waals surface area contributed by atoms with Crippen molar-refractivity contribution in [1.82, 2.24) is 14.9 Å². The number of rotatable bonds is 7. The van der Waals surface area contributed by atoms with Crippen molar-refractivity contribution in [3.05, 3.63) is 32.6 Å². The number of H-pyrrole nitrogens is 1. The fraction of sp³-hybridized carbons (Fsp3) is 0.773. The van der Waals surface area contributed by atoms with Gasteiger partial charge >= 0.3 is 11.8 Å². The molecular formula is C22H35N3O9. The fourth-order valence-electron chi connectivity index (χ4n) is 4.11. The first-order chi connectivity index (χ1) is 15.8. The van der Waals surface area contributed by atoms with Crippen molar-refractivity contribution < 1.29 is 34.0 Å². The molecule has 192 valence electrons. The lowest BCUT2D eigenvalue weighted by Gasteiger charge is -2.22. The molecule has 34 heavy (non-hydrogen) atoms. The summed E-state index contributed by atoms with van der Waals surface area (Å²) in [4.78, 5) is 39.0. The second kappa shape index (κ2) is 10.2. The highest BCUT2D eigenvalue weighted by Gasteiger charge is 2.41. The van der Waals surface area contributed by atoms with Crippen LogP contribution in [0.2, 0.25) is 0 Å². The standard InChI is InChI=1S/C22H35N3O9/c1-21(2,3)34-20(30)23-9-16-14(32-22(4,5)33-16)6-7-25-10-12(18(28)24-19(25)29)15-8-13(27)17(11-26)31-15/h10,13-17,26-27H,6-9,11H2,1-5H3,(H,23,30)(H,24,28,29)/t13-,14?,15-,16?,17-/m1/s1. The topological polar surface area (TPSA) is 161 Å². The number of aromatic nitrogens is 2. The molecule has 1 aromatic heterocycles. The van der Waals surface area contributed by atoms with E-state index < -0.39 is 59.3 Å². The Kier molecular flexibility index (Phi) is 7.88. The number of nitrogens with zero attached hydrogens (tertiary/aromatic N) is 1. The van der Waals surface area contributed by atoms with E-state index in [1.165, 1.54) is 10.8 Å². The molecule has 2 saturated heterocycles. The summed E-state index contributed by atoms with van der Waals surface area (Å²) in [7, 11) is 0. The number of alkyl carbamates (subject to hydrolysis) is 1. The normalized spacial score (nSPS) is 28.7. The molecule has 0 saturated carbocycles. The second-order valence-corrected chi connectivity index (χ2v) is 10.1. The van der Waals surface area contributed by atoms with Crippen LogP contribution in [0.3, 0.4) is 0 Å². The van der Waals surface area contributed by atoms with E-state index in [2.05, 4.69) is 10.3 Å². The fourth-order valence-corrected chi connectivity index (χ4v) is 4.11. The van der Waals surface area contributed by atoms with Crippen LogP contribution in [-0.2, 0) is 25.5 Å². The van der Waals surface area contributed by atoms with Crippen molar-refractivity contribution >= 4 is 6.09 Å². The summed E-state index contributed by atoms with van der Waals surface area (Å²) < 4.78 is 24.0. The van der Waals surface area contributed by atoms with Gasteiger partial charge in [-0.3, -0.25) is 9.78 Å². The molecular weight excluding hydrogens is 450 g/mol. The van der Waals surface area contributed by atoms with Crippen LogP contribution in [0.5, 0.6) is 0 Å². The number of aliphatic hydroxyl groups excluding tert-OH is 2. The van der Waals surface area contributed by atoms with Crippen LogP contribution in [-0.4, -0.2) is 74.8 Å². The number of nitrogens with one attached hydrogen (secondary N) is 2. The Morgan fingerprint density at radius 3 is 2.56 bits per heavy atom. The number of amides is 1. The van der Waals surface area contributed by atoms with Crippen LogP contribution in [0.25, 0.3) is 0 Å². The van der Waals surface area contributed by atoms with E-state index in [1.807, 2.05) is 0 Å². The van der Waals surface area contributed by atoms with Crippen molar-refractivity contribution in [2.75, 3.05) is 13.2 Å². The van der Waals surface area contributed by atoms with E-state index in [4.69, 9.17) is 18.9 Å². The third-order valence-corrected chi connectivity index (χ3v) is 5.58. The lowest BCUT2D eigenvalue weighted by atomic mass is 10.1. The van der Waals surface area contributed by atoms with E-state index >= 15 is 0 Å². The first-order valence-electron chi connectivity index (χ1n) is 11.4. The lowest BCUT2D eigenvalue weighted by molar-refractivity contribution is -0.146. The Balaban J connectivity index is 1.67. The van der Waals surface area contributed by atoms with Gasteiger partial charge in [0.2, 0.25) is 0 Å². The van der Waals surface area contributed by atoms with Crippen LogP contribution in [0.4, 0.5) is 4.79 Å². The molecule has 0 bridgehead atoms. The van der Waals surface area contributed by atoms with Gasteiger partial charge < -0.3 is 39.0 Å². The van der Waals surface area contributed by atoms with Crippen molar-refractivity contribution in [2.45, 2.75) is 95.9 Å². The zero-order valence-corrected chi connectivity index (χ0v) is 20.2. The van der Waals surface area contributed by atoms with Gasteiger partial charge in [0, 0.05) is 25.7 Å². The summed E-state index contributed by atoms with van der Waals surface area (Å²) >= 11 is 0. The number of aliphatic hydroxyl groups is 2. The molecule has 3 rings (SSSR count). The van der Waals surface area contributed by atoms with Crippen molar-refractivity contribution in [1.29, 1.82) is 0 Å². The summed E-state index contributed by atoms with van der Waals surface area (Å²) in [6.07, 6.45) is -1.99. The smallest absolute Gasteiger partial charge is 0.407 e. The van der Waals surface area contributed by atoms with Crippen LogP contribution in [0, 0.1) is 0 Å². The van der Waals surface area contributed by atoms with E-state index in [0.29, 0.717) is 6.42 Å². The van der Waals surface area contributed by atoms with E-state index in [-0.39, 0.29) is 31.7 Å². The Bertz CT molecular complexity index is 981. The summed E-state index contributed by atoms with van der Waals surface area (Å²) in [5, 5.41) is 21.9. The van der Waals surface area contributed by atoms with Crippen molar-refractivity contribution in [3.63, 3.8) is 0 Å². The second-order valence-electron chi connectivity index (χ2n) is 10.1. The molecule has 1 amide bonds. The number of aryl methyl sites for hydroxylation is 1. The minimum atomic E-state index is -0.903. The van der Waals surface area contributed by atoms with Gasteiger partial charge in [-0.25, -0.2) is 9.59 Å². The molecule has 2 aliphatic heterocycles. The summed E-state index contributed by atoms with van der Waals surface area (Å²) in [5.41, 5.74) is -1.62. The minimum Gasteiger partial charge on any atom is -0.444 e. The molecule has 5 atom stereocenters. The Hall–Kier alpha value is -2.25. The van der Waals surface area contributed by atoms with Gasteiger partial charge in [0.05, 0.1) is 30.5 Å². The zero-order chi connectivity index (χ0) is 25.3. The molecule has 12 heteroatoms. The summed E-state index contributed by atoms with van der Waals surface area (Å²) in [6, 6.07) is 0. The number of aromatic amines is 1. The molecule has 0 spiro atoms. The summed E-state index contributed by atoms with van der Waals surface area (Å²) in [6.45, 7) is 8.82. The zero-order valence-electron chi connectivity index (χ0n) is 20.2. The first-order valence-corrected chi connectivity index (χ1v) is 11.4. The average Bonchev–Trinajstić information content (AvgIpc) is 3.22. The Labute approximate surface area is 197 Å². The largest absolute Gasteiger partial charge is 0.444 e. The quantitative estimate of drug-likeness (QED) is 0.421. The molecule has 0 radical (unpaired) electrons. The van der Waals surface area contributed by atoms with Gasteiger partial charge in [-0.05, 0) is 41.0 Å². The van der Waals surface area contributed by atoms with Crippen LogP contribution < -0.4 is 16.6 Å². The van der Waals surface area contributed by atoms with Gasteiger partial charge in [0.1, 0.15) is 17.8 Å². The number of ether oxygens (including phenoxy) is 4. The predicted molar refractivity (Wildman–Crippen MR) is 119 cm³/mol. The number of carbonyl (C=O) groups excluding carboxylic acids is 1. The SMILES string of the molecule is CC(C)(C)OC(=O)NCC1OC(C)(C)OC1CCn1cc([C@H]2C[C@@H](O)[C@@H](CO)O2)c(=O)[nH]c1=O. The number of carbonyl (C=O) groups is 1. The molecule has 2 aliphatic rings. The molecule has 1 aromatic rings. The van der Waals surface area contributed by atoms with E-state index in [0.717, 1.165) is 0 Å². The molecule has 12 nitrogen and oxygen atoms in total. The minimum absolute atomic E-state index is 0.138. The number of hydrogen-bond donors (Lipinski definition) is 4.